The number of amides is 1. The number of aryl methyl sites for hydroxylation is 2. The fourth-order valence-electron chi connectivity index (χ4n) is 4.74. The standard InChI is InChI=1S/C28H25NO/c1-19-7-5-9-21(15-19)18-29-26-14-13-22-10-3-4-12-24(22)28(26)25(17-27(29)30)23-11-6-8-20(2)16-23/h3-16,25H,17-18H2,1-2H3. The van der Waals surface area contributed by atoms with E-state index in [1.807, 2.05) is 4.90 Å². The van der Waals surface area contributed by atoms with Gasteiger partial charge in [-0.2, -0.15) is 0 Å². The average Bonchev–Trinajstić information content (AvgIpc) is 2.75. The van der Waals surface area contributed by atoms with Gasteiger partial charge in [0.15, 0.2) is 0 Å². The van der Waals surface area contributed by atoms with Crippen molar-refractivity contribution in [3.8, 4) is 0 Å². The Morgan fingerprint density at radius 3 is 2.40 bits per heavy atom. The smallest absolute Gasteiger partial charge is 0.228 e. The molecule has 0 radical (unpaired) electrons. The second-order valence-electron chi connectivity index (χ2n) is 8.36. The third-order valence-corrected chi connectivity index (χ3v) is 6.13. The first-order valence-corrected chi connectivity index (χ1v) is 10.5. The number of nitrogens with zero attached hydrogens (tertiary/aromatic N) is 1. The average molecular weight is 392 g/mol. The van der Waals surface area contributed by atoms with E-state index in [4.69, 9.17) is 0 Å². The van der Waals surface area contributed by atoms with Crippen molar-refractivity contribution in [2.75, 3.05) is 4.90 Å². The minimum absolute atomic E-state index is 0.0762. The Morgan fingerprint density at radius 2 is 1.60 bits per heavy atom. The molecule has 1 aliphatic rings. The van der Waals surface area contributed by atoms with Crippen molar-refractivity contribution in [2.45, 2.75) is 32.7 Å². The highest BCUT2D eigenvalue weighted by molar-refractivity contribution is 6.03. The van der Waals surface area contributed by atoms with Gasteiger partial charge in [-0.25, -0.2) is 0 Å². The molecule has 0 aromatic heterocycles. The molecule has 1 unspecified atom stereocenters. The van der Waals surface area contributed by atoms with Gasteiger partial charge < -0.3 is 4.90 Å². The Morgan fingerprint density at radius 1 is 0.833 bits per heavy atom. The Balaban J connectivity index is 1.69. The SMILES string of the molecule is Cc1cccc(CN2C(=O)CC(c3cccc(C)c3)c3c2ccc2ccccc32)c1. The summed E-state index contributed by atoms with van der Waals surface area (Å²) in [5, 5.41) is 2.46. The summed E-state index contributed by atoms with van der Waals surface area (Å²) in [6.07, 6.45) is 0.496. The van der Waals surface area contributed by atoms with Crippen molar-refractivity contribution >= 4 is 22.4 Å². The number of hydrogen-bond acceptors (Lipinski definition) is 1. The maximum absolute atomic E-state index is 13.4. The number of fused-ring (bicyclic) bond motifs is 3. The van der Waals surface area contributed by atoms with E-state index in [1.54, 1.807) is 0 Å². The van der Waals surface area contributed by atoms with Gasteiger partial charge in [-0.15, -0.1) is 0 Å². The summed E-state index contributed by atoms with van der Waals surface area (Å²) in [4.78, 5) is 15.4. The monoisotopic (exact) mass is 391 g/mol. The lowest BCUT2D eigenvalue weighted by Gasteiger charge is -2.35. The Hall–Kier alpha value is -3.39. The highest BCUT2D eigenvalue weighted by Crippen LogP contribution is 2.44. The van der Waals surface area contributed by atoms with Gasteiger partial charge in [0.25, 0.3) is 0 Å². The van der Waals surface area contributed by atoms with Crippen molar-refractivity contribution in [1.82, 2.24) is 0 Å². The van der Waals surface area contributed by atoms with E-state index in [2.05, 4.69) is 98.8 Å². The first-order chi connectivity index (χ1) is 14.6. The van der Waals surface area contributed by atoms with E-state index in [0.29, 0.717) is 13.0 Å². The highest BCUT2D eigenvalue weighted by atomic mass is 16.2. The third-order valence-electron chi connectivity index (χ3n) is 6.13. The summed E-state index contributed by atoms with van der Waals surface area (Å²) < 4.78 is 0. The minimum atomic E-state index is 0.0762. The maximum Gasteiger partial charge on any atom is 0.228 e. The van der Waals surface area contributed by atoms with Crippen LogP contribution in [0.5, 0.6) is 0 Å². The summed E-state index contributed by atoms with van der Waals surface area (Å²) in [7, 11) is 0. The van der Waals surface area contributed by atoms with Crippen LogP contribution in [0.25, 0.3) is 10.8 Å². The van der Waals surface area contributed by atoms with Gasteiger partial charge in [0.05, 0.1) is 6.54 Å². The van der Waals surface area contributed by atoms with Crippen molar-refractivity contribution in [2.24, 2.45) is 0 Å². The molecule has 0 bridgehead atoms. The fourth-order valence-corrected chi connectivity index (χ4v) is 4.74. The van der Waals surface area contributed by atoms with Crippen LogP contribution in [0.1, 0.15) is 40.2 Å². The van der Waals surface area contributed by atoms with Gasteiger partial charge in [-0.05, 0) is 47.4 Å². The highest BCUT2D eigenvalue weighted by Gasteiger charge is 2.33. The van der Waals surface area contributed by atoms with Crippen LogP contribution in [0.2, 0.25) is 0 Å². The van der Waals surface area contributed by atoms with Crippen molar-refractivity contribution in [3.63, 3.8) is 0 Å². The number of rotatable bonds is 3. The molecule has 1 aliphatic heterocycles. The van der Waals surface area contributed by atoms with Crippen LogP contribution in [-0.2, 0) is 11.3 Å². The summed E-state index contributed by atoms with van der Waals surface area (Å²) in [5.74, 6) is 0.262. The Labute approximate surface area is 177 Å². The summed E-state index contributed by atoms with van der Waals surface area (Å²) in [6, 6.07) is 29.8. The molecule has 1 heterocycles. The number of carbonyl (C=O) groups is 1. The number of anilines is 1. The van der Waals surface area contributed by atoms with Crippen LogP contribution in [0.15, 0.2) is 84.9 Å². The zero-order chi connectivity index (χ0) is 20.7. The Bertz CT molecular complexity index is 1260. The molecule has 2 heteroatoms. The molecule has 0 aliphatic carbocycles. The van der Waals surface area contributed by atoms with Crippen molar-refractivity contribution in [3.05, 3.63) is 113 Å². The van der Waals surface area contributed by atoms with Gasteiger partial charge in [-0.1, -0.05) is 90.0 Å². The van der Waals surface area contributed by atoms with Crippen LogP contribution in [0, 0.1) is 13.8 Å². The van der Waals surface area contributed by atoms with E-state index in [9.17, 15) is 4.79 Å². The lowest BCUT2D eigenvalue weighted by molar-refractivity contribution is -0.119. The molecule has 148 valence electrons. The van der Waals surface area contributed by atoms with Gasteiger partial charge in [0.1, 0.15) is 0 Å². The van der Waals surface area contributed by atoms with Crippen molar-refractivity contribution in [1.29, 1.82) is 0 Å². The molecular weight excluding hydrogens is 366 g/mol. The zero-order valence-corrected chi connectivity index (χ0v) is 17.4. The molecule has 0 spiro atoms. The third kappa shape index (κ3) is 3.29. The van der Waals surface area contributed by atoms with Crippen LogP contribution < -0.4 is 4.90 Å². The topological polar surface area (TPSA) is 20.3 Å². The predicted octanol–water partition coefficient (Wildman–Crippen LogP) is 6.53. The van der Waals surface area contributed by atoms with E-state index in [0.717, 1.165) is 11.3 Å². The van der Waals surface area contributed by atoms with Gasteiger partial charge in [-0.3, -0.25) is 4.79 Å². The van der Waals surface area contributed by atoms with Crippen LogP contribution >= 0.6 is 0 Å². The second kappa shape index (κ2) is 7.46. The first kappa shape index (κ1) is 18.6. The first-order valence-electron chi connectivity index (χ1n) is 10.5. The minimum Gasteiger partial charge on any atom is -0.308 e. The summed E-state index contributed by atoms with van der Waals surface area (Å²) >= 11 is 0. The van der Waals surface area contributed by atoms with Crippen LogP contribution in [0.4, 0.5) is 5.69 Å². The second-order valence-corrected chi connectivity index (χ2v) is 8.36. The molecule has 1 atom stereocenters. The molecule has 0 fully saturated rings. The molecular formula is C28H25NO. The molecule has 1 amide bonds. The largest absolute Gasteiger partial charge is 0.308 e. The molecule has 4 aromatic rings. The molecule has 0 N–H and O–H groups in total. The predicted molar refractivity (Wildman–Crippen MR) is 124 cm³/mol. The fraction of sp³-hybridized carbons (Fsp3) is 0.179. The maximum atomic E-state index is 13.4. The lowest BCUT2D eigenvalue weighted by atomic mass is 9.81. The van der Waals surface area contributed by atoms with E-state index < -0.39 is 0 Å². The normalized spacial score (nSPS) is 16.0. The molecule has 30 heavy (non-hydrogen) atoms. The quantitative estimate of drug-likeness (QED) is 0.389. The van der Waals surface area contributed by atoms with Gasteiger partial charge >= 0.3 is 0 Å². The summed E-state index contributed by atoms with van der Waals surface area (Å²) in [6.45, 7) is 4.81. The van der Waals surface area contributed by atoms with E-state index >= 15 is 0 Å². The number of benzene rings is 4. The van der Waals surface area contributed by atoms with Crippen LogP contribution in [-0.4, -0.2) is 5.91 Å². The zero-order valence-electron chi connectivity index (χ0n) is 17.4. The van der Waals surface area contributed by atoms with E-state index in [1.165, 1.54) is 33.0 Å². The summed E-state index contributed by atoms with van der Waals surface area (Å²) in [5.41, 5.74) is 7.13. The van der Waals surface area contributed by atoms with Gasteiger partial charge in [0.2, 0.25) is 5.91 Å². The molecule has 4 aromatic carbocycles. The number of hydrogen-bond donors (Lipinski definition) is 0. The van der Waals surface area contributed by atoms with Crippen molar-refractivity contribution < 1.29 is 4.79 Å². The Kier molecular flexibility index (Phi) is 4.63. The van der Waals surface area contributed by atoms with Gasteiger partial charge in [0, 0.05) is 18.0 Å². The molecule has 0 saturated carbocycles. The molecule has 0 saturated heterocycles. The lowest BCUT2D eigenvalue weighted by Crippen LogP contribution is -2.36. The van der Waals surface area contributed by atoms with Crippen LogP contribution in [0.3, 0.4) is 0 Å². The molecule has 5 rings (SSSR count). The molecule has 2 nitrogen and oxygen atoms in total. The van der Waals surface area contributed by atoms with E-state index in [-0.39, 0.29) is 11.8 Å². The number of carbonyl (C=O) groups excluding carboxylic acids is 1.